The van der Waals surface area contributed by atoms with Crippen LogP contribution < -0.4 is 0 Å². The Bertz CT molecular complexity index is 607. The Balaban J connectivity index is 2.03. The third-order valence-electron chi connectivity index (χ3n) is 3.37. The zero-order valence-electron chi connectivity index (χ0n) is 10.9. The maximum absolute atomic E-state index is 6.06. The molecule has 1 saturated carbocycles. The van der Waals surface area contributed by atoms with Gasteiger partial charge in [0.2, 0.25) is 0 Å². The SMILES string of the molecule is CSc1nc(Cl)cc(-c2cnn(C)c2CC2CC2)n1. The largest absolute Gasteiger partial charge is 0.272 e. The molecule has 0 bridgehead atoms. The molecule has 19 heavy (non-hydrogen) atoms. The van der Waals surface area contributed by atoms with Crippen molar-refractivity contribution in [2.75, 3.05) is 6.26 Å². The molecule has 0 aliphatic heterocycles. The summed E-state index contributed by atoms with van der Waals surface area (Å²) >= 11 is 7.56. The second-order valence-corrected chi connectivity index (χ2v) is 6.00. The lowest BCUT2D eigenvalue weighted by atomic mass is 10.1. The van der Waals surface area contributed by atoms with Crippen LogP contribution in [0, 0.1) is 5.92 Å². The van der Waals surface area contributed by atoms with Gasteiger partial charge in [-0.25, -0.2) is 9.97 Å². The molecule has 0 N–H and O–H groups in total. The first-order chi connectivity index (χ1) is 9.17. The van der Waals surface area contributed by atoms with Crippen LogP contribution in [-0.4, -0.2) is 26.0 Å². The average molecular weight is 295 g/mol. The van der Waals surface area contributed by atoms with Crippen molar-refractivity contribution in [2.45, 2.75) is 24.4 Å². The summed E-state index contributed by atoms with van der Waals surface area (Å²) in [6.45, 7) is 0. The Labute approximate surface area is 121 Å². The third kappa shape index (κ3) is 2.77. The summed E-state index contributed by atoms with van der Waals surface area (Å²) < 4.78 is 1.95. The molecule has 0 spiro atoms. The molecule has 100 valence electrons. The van der Waals surface area contributed by atoms with Gasteiger partial charge in [0, 0.05) is 24.4 Å². The van der Waals surface area contributed by atoms with Crippen molar-refractivity contribution in [3.05, 3.63) is 23.1 Å². The van der Waals surface area contributed by atoms with Gasteiger partial charge in [0.25, 0.3) is 0 Å². The van der Waals surface area contributed by atoms with Crippen LogP contribution in [0.2, 0.25) is 5.15 Å². The molecule has 1 fully saturated rings. The van der Waals surface area contributed by atoms with Crippen LogP contribution in [0.3, 0.4) is 0 Å². The maximum atomic E-state index is 6.06. The Hall–Kier alpha value is -1.07. The number of rotatable bonds is 4. The molecule has 0 aromatic carbocycles. The predicted molar refractivity (Wildman–Crippen MR) is 77.5 cm³/mol. The van der Waals surface area contributed by atoms with Crippen molar-refractivity contribution in [1.29, 1.82) is 0 Å². The Morgan fingerprint density at radius 2 is 2.21 bits per heavy atom. The molecule has 1 aliphatic carbocycles. The van der Waals surface area contributed by atoms with Gasteiger partial charge in [-0.15, -0.1) is 0 Å². The summed E-state index contributed by atoms with van der Waals surface area (Å²) in [5.41, 5.74) is 3.19. The van der Waals surface area contributed by atoms with Crippen molar-refractivity contribution in [1.82, 2.24) is 19.7 Å². The number of thioether (sulfide) groups is 1. The Kier molecular flexibility index (Phi) is 3.50. The van der Waals surface area contributed by atoms with E-state index in [1.54, 1.807) is 0 Å². The van der Waals surface area contributed by atoms with Crippen LogP contribution in [0.5, 0.6) is 0 Å². The fourth-order valence-corrected chi connectivity index (χ4v) is 2.75. The Morgan fingerprint density at radius 3 is 2.89 bits per heavy atom. The maximum Gasteiger partial charge on any atom is 0.189 e. The number of hydrogen-bond donors (Lipinski definition) is 0. The van der Waals surface area contributed by atoms with Crippen molar-refractivity contribution in [3.63, 3.8) is 0 Å². The highest BCUT2D eigenvalue weighted by Gasteiger charge is 2.25. The minimum absolute atomic E-state index is 0.482. The normalized spacial score (nSPS) is 14.9. The molecule has 2 aromatic rings. The van der Waals surface area contributed by atoms with Gasteiger partial charge < -0.3 is 0 Å². The fraction of sp³-hybridized carbons (Fsp3) is 0.462. The van der Waals surface area contributed by atoms with Gasteiger partial charge in [0.1, 0.15) is 5.15 Å². The first kappa shape index (κ1) is 12.9. The molecule has 1 aliphatic rings. The summed E-state index contributed by atoms with van der Waals surface area (Å²) in [6, 6.07) is 1.81. The van der Waals surface area contributed by atoms with E-state index in [2.05, 4.69) is 15.1 Å². The first-order valence-electron chi connectivity index (χ1n) is 6.27. The molecule has 3 rings (SSSR count). The van der Waals surface area contributed by atoms with Crippen molar-refractivity contribution in [2.24, 2.45) is 13.0 Å². The van der Waals surface area contributed by atoms with Crippen LogP contribution in [0.4, 0.5) is 0 Å². The lowest BCUT2D eigenvalue weighted by Crippen LogP contribution is -2.01. The molecule has 6 heteroatoms. The van der Waals surface area contributed by atoms with Crippen LogP contribution in [-0.2, 0) is 13.5 Å². The van der Waals surface area contributed by atoms with Crippen LogP contribution >= 0.6 is 23.4 Å². The molecule has 0 saturated heterocycles. The lowest BCUT2D eigenvalue weighted by molar-refractivity contribution is 0.677. The van der Waals surface area contributed by atoms with E-state index in [0.717, 1.165) is 23.6 Å². The second kappa shape index (κ2) is 5.13. The van der Waals surface area contributed by atoms with Crippen LogP contribution in [0.25, 0.3) is 11.3 Å². The third-order valence-corrected chi connectivity index (χ3v) is 4.11. The zero-order chi connectivity index (χ0) is 13.4. The predicted octanol–water partition coefficient (Wildman–Crippen LogP) is 3.20. The van der Waals surface area contributed by atoms with E-state index in [1.165, 1.54) is 30.3 Å². The van der Waals surface area contributed by atoms with Gasteiger partial charge >= 0.3 is 0 Å². The molecular formula is C13H15ClN4S. The van der Waals surface area contributed by atoms with E-state index in [0.29, 0.717) is 10.3 Å². The molecule has 4 nitrogen and oxygen atoms in total. The minimum atomic E-state index is 0.482. The standard InChI is InChI=1S/C13H15ClN4S/c1-18-11(5-8-3-4-8)9(7-15-18)10-6-12(14)17-13(16-10)19-2/h6-8H,3-5H2,1-2H3. The average Bonchev–Trinajstić information content (AvgIpc) is 3.13. The lowest BCUT2D eigenvalue weighted by Gasteiger charge is -2.06. The minimum Gasteiger partial charge on any atom is -0.272 e. The molecule has 2 heterocycles. The smallest absolute Gasteiger partial charge is 0.189 e. The summed E-state index contributed by atoms with van der Waals surface area (Å²) in [5.74, 6) is 0.812. The molecule has 0 atom stereocenters. The topological polar surface area (TPSA) is 43.6 Å². The molecule has 0 unspecified atom stereocenters. The van der Waals surface area contributed by atoms with E-state index in [4.69, 9.17) is 11.6 Å². The number of aromatic nitrogens is 4. The molecule has 2 aromatic heterocycles. The molecule has 0 amide bonds. The summed E-state index contributed by atoms with van der Waals surface area (Å²) in [5, 5.41) is 5.55. The quantitative estimate of drug-likeness (QED) is 0.493. The van der Waals surface area contributed by atoms with Gasteiger partial charge in [-0.3, -0.25) is 4.68 Å². The van der Waals surface area contributed by atoms with E-state index in [1.807, 2.05) is 30.2 Å². The number of halogens is 1. The number of nitrogens with zero attached hydrogens (tertiary/aromatic N) is 4. The van der Waals surface area contributed by atoms with E-state index < -0.39 is 0 Å². The van der Waals surface area contributed by atoms with E-state index >= 15 is 0 Å². The van der Waals surface area contributed by atoms with Crippen molar-refractivity contribution < 1.29 is 0 Å². The van der Waals surface area contributed by atoms with Gasteiger partial charge in [-0.1, -0.05) is 23.4 Å². The van der Waals surface area contributed by atoms with Gasteiger partial charge in [0.05, 0.1) is 11.9 Å². The number of hydrogen-bond acceptors (Lipinski definition) is 4. The highest BCUT2D eigenvalue weighted by Crippen LogP contribution is 2.35. The Morgan fingerprint density at radius 1 is 1.42 bits per heavy atom. The van der Waals surface area contributed by atoms with Gasteiger partial charge in [-0.05, 0) is 31.4 Å². The van der Waals surface area contributed by atoms with Gasteiger partial charge in [-0.2, -0.15) is 5.10 Å². The summed E-state index contributed by atoms with van der Waals surface area (Å²) in [6.07, 6.45) is 7.54. The van der Waals surface area contributed by atoms with Crippen LogP contribution in [0.15, 0.2) is 17.4 Å². The summed E-state index contributed by atoms with van der Waals surface area (Å²) in [7, 11) is 1.99. The van der Waals surface area contributed by atoms with Gasteiger partial charge in [0.15, 0.2) is 5.16 Å². The zero-order valence-corrected chi connectivity index (χ0v) is 12.5. The number of aryl methyl sites for hydroxylation is 1. The van der Waals surface area contributed by atoms with E-state index in [-0.39, 0.29) is 0 Å². The monoisotopic (exact) mass is 294 g/mol. The fourth-order valence-electron chi connectivity index (χ4n) is 2.14. The first-order valence-corrected chi connectivity index (χ1v) is 7.87. The van der Waals surface area contributed by atoms with Crippen molar-refractivity contribution in [3.8, 4) is 11.3 Å². The van der Waals surface area contributed by atoms with Crippen LogP contribution in [0.1, 0.15) is 18.5 Å². The van der Waals surface area contributed by atoms with E-state index in [9.17, 15) is 0 Å². The van der Waals surface area contributed by atoms with Crippen molar-refractivity contribution >= 4 is 23.4 Å². The highest BCUT2D eigenvalue weighted by molar-refractivity contribution is 7.98. The summed E-state index contributed by atoms with van der Waals surface area (Å²) in [4.78, 5) is 8.72. The highest BCUT2D eigenvalue weighted by atomic mass is 35.5. The molecule has 0 radical (unpaired) electrons. The second-order valence-electron chi connectivity index (χ2n) is 4.84. The molecular weight excluding hydrogens is 280 g/mol.